The van der Waals surface area contributed by atoms with Crippen LogP contribution in [0, 0.1) is 0 Å². The van der Waals surface area contributed by atoms with Crippen LogP contribution in [0.1, 0.15) is 12.6 Å². The summed E-state index contributed by atoms with van der Waals surface area (Å²) >= 11 is 6.56. The molecule has 1 atom stereocenters. The van der Waals surface area contributed by atoms with Crippen molar-refractivity contribution >= 4 is 45.6 Å². The number of ether oxygens (including phenoxy) is 2. The Hall–Kier alpha value is -4.25. The van der Waals surface area contributed by atoms with E-state index in [0.717, 1.165) is 37.6 Å². The fourth-order valence-corrected chi connectivity index (χ4v) is 5.68. The van der Waals surface area contributed by atoms with Crippen molar-refractivity contribution in [1.82, 2.24) is 24.8 Å². The van der Waals surface area contributed by atoms with Gasteiger partial charge in [0.1, 0.15) is 31.1 Å². The number of likely N-dealkylation sites (N-methyl/N-ethyl adjacent to an activating group) is 1. The Morgan fingerprint density at radius 2 is 2.05 bits per heavy atom. The van der Waals surface area contributed by atoms with Crippen LogP contribution < -0.4 is 19.7 Å². The van der Waals surface area contributed by atoms with Gasteiger partial charge in [-0.1, -0.05) is 23.7 Å². The molecule has 1 fully saturated rings. The first-order valence-electron chi connectivity index (χ1n) is 14.4. The van der Waals surface area contributed by atoms with E-state index in [9.17, 15) is 4.79 Å². The lowest BCUT2D eigenvalue weighted by Gasteiger charge is -2.37. The number of piperazine rings is 1. The second kappa shape index (κ2) is 12.9. The highest BCUT2D eigenvalue weighted by atomic mass is 35.5. The minimum atomic E-state index is -0.0786. The molecule has 43 heavy (non-hydrogen) atoms. The third-order valence-corrected chi connectivity index (χ3v) is 8.01. The van der Waals surface area contributed by atoms with Crippen molar-refractivity contribution in [2.45, 2.75) is 19.6 Å². The van der Waals surface area contributed by atoms with Crippen LogP contribution in [0.25, 0.3) is 10.9 Å². The second-order valence-corrected chi connectivity index (χ2v) is 11.2. The third-order valence-electron chi connectivity index (χ3n) is 7.72. The van der Waals surface area contributed by atoms with Crippen molar-refractivity contribution in [2.75, 3.05) is 56.6 Å². The maximum absolute atomic E-state index is 13.3. The summed E-state index contributed by atoms with van der Waals surface area (Å²) in [7, 11) is 2.14. The first kappa shape index (κ1) is 28.9. The number of hydrogen-bond donors (Lipinski definition) is 1. The van der Waals surface area contributed by atoms with Gasteiger partial charge in [0.15, 0.2) is 5.75 Å². The van der Waals surface area contributed by atoms with Crippen LogP contribution >= 0.6 is 11.6 Å². The van der Waals surface area contributed by atoms with Crippen LogP contribution in [-0.4, -0.2) is 83.1 Å². The van der Waals surface area contributed by atoms with E-state index in [1.807, 2.05) is 42.5 Å². The fraction of sp³-hybridized carbons (Fsp3) is 0.312. The molecule has 2 aromatic heterocycles. The molecule has 0 bridgehead atoms. The Balaban J connectivity index is 1.20. The summed E-state index contributed by atoms with van der Waals surface area (Å²) in [5.41, 5.74) is 2.92. The SMILES string of the molecule is C[C@@H]1CN(C)CCN1C/C=C/C(=O)N1CCOc2c1ccc1ncnc(Nc3ccc(OCc4ccccn4)c(Cl)c3)c21. The Labute approximate surface area is 255 Å². The lowest BCUT2D eigenvalue weighted by Crippen LogP contribution is -2.50. The molecule has 2 aliphatic rings. The monoisotopic (exact) mass is 599 g/mol. The summed E-state index contributed by atoms with van der Waals surface area (Å²) < 4.78 is 12.0. The number of nitrogens with one attached hydrogen (secondary N) is 1. The average Bonchev–Trinajstić information content (AvgIpc) is 3.02. The van der Waals surface area contributed by atoms with Crippen LogP contribution in [0.15, 0.2) is 73.2 Å². The molecular weight excluding hydrogens is 566 g/mol. The molecule has 0 aliphatic carbocycles. The number of benzene rings is 2. The predicted octanol–water partition coefficient (Wildman–Crippen LogP) is 4.92. The molecule has 2 aromatic carbocycles. The van der Waals surface area contributed by atoms with Gasteiger partial charge >= 0.3 is 0 Å². The first-order valence-corrected chi connectivity index (χ1v) is 14.7. The summed E-state index contributed by atoms with van der Waals surface area (Å²) in [6, 6.07) is 15.3. The Morgan fingerprint density at radius 1 is 1.14 bits per heavy atom. The predicted molar refractivity (Wildman–Crippen MR) is 168 cm³/mol. The summed E-state index contributed by atoms with van der Waals surface area (Å²) in [6.07, 6.45) is 6.86. The van der Waals surface area contributed by atoms with Crippen LogP contribution in [0.2, 0.25) is 5.02 Å². The summed E-state index contributed by atoms with van der Waals surface area (Å²) in [5.74, 6) is 1.59. The van der Waals surface area contributed by atoms with Gasteiger partial charge in [-0.05, 0) is 56.4 Å². The number of fused-ring (bicyclic) bond motifs is 3. The number of anilines is 3. The van der Waals surface area contributed by atoms with E-state index >= 15 is 0 Å². The molecule has 0 radical (unpaired) electrons. The normalized spacial score (nSPS) is 17.6. The van der Waals surface area contributed by atoms with Crippen molar-refractivity contribution in [1.29, 1.82) is 0 Å². The quantitative estimate of drug-likeness (QED) is 0.283. The Kier molecular flexibility index (Phi) is 8.69. The zero-order valence-corrected chi connectivity index (χ0v) is 25.0. The second-order valence-electron chi connectivity index (χ2n) is 10.8. The lowest BCUT2D eigenvalue weighted by molar-refractivity contribution is -0.114. The van der Waals surface area contributed by atoms with Gasteiger partial charge in [-0.15, -0.1) is 0 Å². The van der Waals surface area contributed by atoms with E-state index in [-0.39, 0.29) is 5.91 Å². The molecule has 0 saturated carbocycles. The van der Waals surface area contributed by atoms with E-state index in [1.54, 1.807) is 29.3 Å². The molecule has 4 aromatic rings. The number of nitrogens with zero attached hydrogens (tertiary/aromatic N) is 6. The van der Waals surface area contributed by atoms with Crippen molar-refractivity contribution in [2.24, 2.45) is 0 Å². The van der Waals surface area contributed by atoms with Crippen LogP contribution in [0.5, 0.6) is 11.5 Å². The molecule has 0 spiro atoms. The van der Waals surface area contributed by atoms with Gasteiger partial charge in [-0.3, -0.25) is 14.7 Å². The Bertz CT molecular complexity index is 1630. The number of aromatic nitrogens is 3. The molecule has 1 amide bonds. The fourth-order valence-electron chi connectivity index (χ4n) is 5.45. The molecular formula is C32H34ClN7O3. The van der Waals surface area contributed by atoms with E-state index in [0.29, 0.717) is 64.7 Å². The average molecular weight is 600 g/mol. The number of hydrogen-bond acceptors (Lipinski definition) is 9. The highest BCUT2D eigenvalue weighted by Gasteiger charge is 2.26. The zero-order valence-electron chi connectivity index (χ0n) is 24.2. The standard InChI is InChI=1S/C32H34ClN7O3/c1-22-19-38(2)14-15-39(22)13-5-7-29(41)40-16-17-42-31-27(40)10-9-26-30(31)32(36-21-35-26)37-23-8-11-28(25(33)18-23)43-20-24-6-3-4-12-34-24/h3-12,18,21-22H,13-17,19-20H2,1-2H3,(H,35,36,37)/b7-5+/t22-/m1/s1. The number of carbonyl (C=O) groups is 1. The largest absolute Gasteiger partial charge is 0.489 e. The van der Waals surface area contributed by atoms with Crippen molar-refractivity contribution in [3.63, 3.8) is 0 Å². The van der Waals surface area contributed by atoms with Gasteiger partial charge in [0.2, 0.25) is 0 Å². The van der Waals surface area contributed by atoms with Gasteiger partial charge in [-0.2, -0.15) is 0 Å². The maximum Gasteiger partial charge on any atom is 0.250 e. The number of carbonyl (C=O) groups excluding carboxylic acids is 1. The van der Waals surface area contributed by atoms with Crippen molar-refractivity contribution < 1.29 is 14.3 Å². The van der Waals surface area contributed by atoms with Crippen LogP contribution in [0.3, 0.4) is 0 Å². The zero-order chi connectivity index (χ0) is 29.8. The van der Waals surface area contributed by atoms with Gasteiger partial charge in [0.25, 0.3) is 5.91 Å². The Morgan fingerprint density at radius 3 is 2.86 bits per heavy atom. The first-order chi connectivity index (χ1) is 21.0. The molecule has 1 N–H and O–H groups in total. The maximum atomic E-state index is 13.3. The number of halogens is 1. The topological polar surface area (TPSA) is 96.0 Å². The van der Waals surface area contributed by atoms with E-state index in [4.69, 9.17) is 21.1 Å². The summed E-state index contributed by atoms with van der Waals surface area (Å²) in [5, 5.41) is 4.50. The number of pyridine rings is 1. The van der Waals surface area contributed by atoms with Crippen LogP contribution in [-0.2, 0) is 11.4 Å². The highest BCUT2D eigenvalue weighted by Crippen LogP contribution is 2.42. The third kappa shape index (κ3) is 6.56. The van der Waals surface area contributed by atoms with E-state index < -0.39 is 0 Å². The highest BCUT2D eigenvalue weighted by molar-refractivity contribution is 6.32. The number of rotatable bonds is 8. The van der Waals surface area contributed by atoms with E-state index in [1.165, 1.54) is 6.33 Å². The van der Waals surface area contributed by atoms with Crippen molar-refractivity contribution in [3.8, 4) is 11.5 Å². The minimum absolute atomic E-state index is 0.0786. The number of amides is 1. The summed E-state index contributed by atoms with van der Waals surface area (Å²) in [4.78, 5) is 33.1. The van der Waals surface area contributed by atoms with Gasteiger partial charge < -0.3 is 24.6 Å². The molecule has 0 unspecified atom stereocenters. The summed E-state index contributed by atoms with van der Waals surface area (Å²) in [6.45, 7) is 7.15. The van der Waals surface area contributed by atoms with Crippen molar-refractivity contribution in [3.05, 3.63) is 83.9 Å². The molecule has 4 heterocycles. The molecule has 11 heteroatoms. The van der Waals surface area contributed by atoms with Crippen LogP contribution in [0.4, 0.5) is 17.2 Å². The van der Waals surface area contributed by atoms with E-state index in [2.05, 4.69) is 44.0 Å². The smallest absolute Gasteiger partial charge is 0.250 e. The molecule has 2 aliphatic heterocycles. The lowest BCUT2D eigenvalue weighted by atomic mass is 10.1. The molecule has 1 saturated heterocycles. The molecule has 10 nitrogen and oxygen atoms in total. The van der Waals surface area contributed by atoms with Gasteiger partial charge in [0.05, 0.1) is 33.9 Å². The van der Waals surface area contributed by atoms with Gasteiger partial charge in [0, 0.05) is 50.2 Å². The minimum Gasteiger partial charge on any atom is -0.489 e. The molecule has 6 rings (SSSR count). The van der Waals surface area contributed by atoms with Gasteiger partial charge in [-0.25, -0.2) is 9.97 Å². The molecule has 222 valence electrons.